The lowest BCUT2D eigenvalue weighted by Crippen LogP contribution is -2.23. The van der Waals surface area contributed by atoms with Crippen LogP contribution in [-0.2, 0) is 23.0 Å². The van der Waals surface area contributed by atoms with Crippen molar-refractivity contribution in [2.45, 2.75) is 24.8 Å². The molecule has 0 bridgehead atoms. The number of hydrogen-bond acceptors (Lipinski definition) is 6. The van der Waals surface area contributed by atoms with E-state index in [1.165, 1.54) is 23.2 Å². The molecule has 8 heteroatoms. The number of sulfonamides is 1. The molecule has 2 rings (SSSR count). The summed E-state index contributed by atoms with van der Waals surface area (Å²) in [6, 6.07) is 6.76. The number of hydrazine groups is 1. The summed E-state index contributed by atoms with van der Waals surface area (Å²) in [6.45, 7) is 2.35. The van der Waals surface area contributed by atoms with E-state index in [9.17, 15) is 8.42 Å². The van der Waals surface area contributed by atoms with Gasteiger partial charge in [0, 0.05) is 28.6 Å². The number of nitrogens with two attached hydrogens (primary N) is 1. The van der Waals surface area contributed by atoms with Crippen LogP contribution in [0.5, 0.6) is 0 Å². The molecule has 0 aromatic carbocycles. The Bertz CT molecular complexity index is 682. The Morgan fingerprint density at radius 3 is 2.70 bits per heavy atom. The number of nitrogens with one attached hydrogen (secondary N) is 2. The first-order chi connectivity index (χ1) is 9.55. The second-order valence-electron chi connectivity index (χ2n) is 4.07. The van der Waals surface area contributed by atoms with Crippen molar-refractivity contribution in [3.63, 3.8) is 0 Å². The molecule has 2 aromatic heterocycles. The largest absolute Gasteiger partial charge is 0.308 e. The zero-order chi connectivity index (χ0) is 14.6. The first kappa shape index (κ1) is 14.9. The lowest BCUT2D eigenvalue weighted by Gasteiger charge is -2.06. The van der Waals surface area contributed by atoms with Crippen molar-refractivity contribution in [3.8, 4) is 0 Å². The van der Waals surface area contributed by atoms with E-state index in [4.69, 9.17) is 5.84 Å². The Hall–Kier alpha value is -1.48. The summed E-state index contributed by atoms with van der Waals surface area (Å²) in [7, 11) is -3.57. The topological polar surface area (TPSA) is 97.1 Å². The highest BCUT2D eigenvalue weighted by Gasteiger charge is 2.15. The maximum Gasteiger partial charge on any atom is 0.241 e. The molecule has 0 saturated heterocycles. The molecule has 20 heavy (non-hydrogen) atoms. The van der Waals surface area contributed by atoms with Crippen LogP contribution in [0, 0.1) is 0 Å². The van der Waals surface area contributed by atoms with Gasteiger partial charge in [0.05, 0.1) is 4.90 Å². The van der Waals surface area contributed by atoms with Gasteiger partial charge in [-0.2, -0.15) is 0 Å². The predicted octanol–water partition coefficient (Wildman–Crippen LogP) is 1.47. The van der Waals surface area contributed by atoms with E-state index >= 15 is 0 Å². The first-order valence-electron chi connectivity index (χ1n) is 6.05. The van der Waals surface area contributed by atoms with Crippen molar-refractivity contribution in [3.05, 3.63) is 40.2 Å². The molecule has 0 atom stereocenters. The van der Waals surface area contributed by atoms with Crippen molar-refractivity contribution >= 4 is 27.2 Å². The fraction of sp³-hybridized carbons (Fsp3) is 0.250. The molecule has 0 saturated carbocycles. The molecule has 2 aromatic rings. The average Bonchev–Trinajstić information content (AvgIpc) is 2.93. The van der Waals surface area contributed by atoms with E-state index in [-0.39, 0.29) is 11.4 Å². The van der Waals surface area contributed by atoms with E-state index < -0.39 is 10.0 Å². The van der Waals surface area contributed by atoms with Crippen LogP contribution in [-0.4, -0.2) is 13.4 Å². The van der Waals surface area contributed by atoms with Gasteiger partial charge >= 0.3 is 0 Å². The minimum absolute atomic E-state index is 0.132. The maximum absolute atomic E-state index is 12.1. The molecular weight excluding hydrogens is 296 g/mol. The molecule has 6 nitrogen and oxygen atoms in total. The van der Waals surface area contributed by atoms with Crippen LogP contribution in [0.3, 0.4) is 0 Å². The van der Waals surface area contributed by atoms with Crippen LogP contribution in [0.25, 0.3) is 0 Å². The lowest BCUT2D eigenvalue weighted by atomic mass is 10.4. The number of aryl methyl sites for hydroxylation is 1. The number of thiophene rings is 1. The number of aromatic nitrogens is 1. The Labute approximate surface area is 122 Å². The van der Waals surface area contributed by atoms with E-state index in [0.29, 0.717) is 5.82 Å². The Kier molecular flexibility index (Phi) is 4.71. The smallest absolute Gasteiger partial charge is 0.241 e. The van der Waals surface area contributed by atoms with Crippen molar-refractivity contribution in [2.75, 3.05) is 5.43 Å². The van der Waals surface area contributed by atoms with Gasteiger partial charge in [-0.25, -0.2) is 24.0 Å². The van der Waals surface area contributed by atoms with Crippen molar-refractivity contribution in [1.29, 1.82) is 0 Å². The fourth-order valence-electron chi connectivity index (χ4n) is 1.61. The molecule has 4 N–H and O–H groups in total. The predicted molar refractivity (Wildman–Crippen MR) is 79.8 cm³/mol. The molecule has 0 aliphatic heterocycles. The van der Waals surface area contributed by atoms with Crippen molar-refractivity contribution in [2.24, 2.45) is 5.84 Å². The molecule has 0 aliphatic rings. The summed E-state index contributed by atoms with van der Waals surface area (Å²) in [5, 5.41) is 0. The number of rotatable bonds is 6. The van der Waals surface area contributed by atoms with Gasteiger partial charge in [0.1, 0.15) is 5.82 Å². The van der Waals surface area contributed by atoms with Crippen molar-refractivity contribution < 1.29 is 8.42 Å². The van der Waals surface area contributed by atoms with E-state index in [2.05, 4.69) is 22.1 Å². The number of nitrogen functional groups attached to an aromatic ring is 1. The monoisotopic (exact) mass is 312 g/mol. The molecule has 0 radical (unpaired) electrons. The van der Waals surface area contributed by atoms with Crippen LogP contribution < -0.4 is 16.0 Å². The highest BCUT2D eigenvalue weighted by Crippen LogP contribution is 2.18. The van der Waals surface area contributed by atoms with Gasteiger partial charge in [-0.15, -0.1) is 11.3 Å². The Balaban J connectivity index is 2.10. The second-order valence-corrected chi connectivity index (χ2v) is 7.09. The van der Waals surface area contributed by atoms with Gasteiger partial charge in [-0.3, -0.25) is 0 Å². The lowest BCUT2D eigenvalue weighted by molar-refractivity contribution is 0.581. The summed E-state index contributed by atoms with van der Waals surface area (Å²) in [6.07, 6.45) is 2.34. The van der Waals surface area contributed by atoms with E-state index in [1.54, 1.807) is 11.3 Å². The summed E-state index contributed by atoms with van der Waals surface area (Å²) >= 11 is 1.60. The van der Waals surface area contributed by atoms with Gasteiger partial charge in [0.15, 0.2) is 0 Å². The molecular formula is C12H16N4O2S2. The molecule has 0 unspecified atom stereocenters. The molecule has 2 heterocycles. The summed E-state index contributed by atoms with van der Waals surface area (Å²) < 4.78 is 26.9. The molecule has 0 spiro atoms. The van der Waals surface area contributed by atoms with Gasteiger partial charge in [-0.1, -0.05) is 6.92 Å². The third kappa shape index (κ3) is 3.54. The number of pyridine rings is 1. The minimum Gasteiger partial charge on any atom is -0.308 e. The molecule has 0 fully saturated rings. The fourth-order valence-corrected chi connectivity index (χ4v) is 3.62. The Morgan fingerprint density at radius 1 is 1.30 bits per heavy atom. The first-order valence-corrected chi connectivity index (χ1v) is 8.35. The molecule has 108 valence electrons. The summed E-state index contributed by atoms with van der Waals surface area (Å²) in [4.78, 5) is 6.23. The van der Waals surface area contributed by atoms with Crippen LogP contribution >= 0.6 is 11.3 Å². The van der Waals surface area contributed by atoms with Crippen LogP contribution in [0.15, 0.2) is 35.4 Å². The van der Waals surface area contributed by atoms with E-state index in [1.807, 2.05) is 12.1 Å². The summed E-state index contributed by atoms with van der Waals surface area (Å²) in [5.41, 5.74) is 2.32. The normalized spacial score (nSPS) is 11.5. The summed E-state index contributed by atoms with van der Waals surface area (Å²) in [5.74, 6) is 5.52. The zero-order valence-electron chi connectivity index (χ0n) is 11.0. The SMILES string of the molecule is CCc1ccc(CNS(=O)(=O)c2ccnc(NN)c2)s1. The molecule has 0 amide bonds. The molecule has 0 aliphatic carbocycles. The van der Waals surface area contributed by atoms with Gasteiger partial charge < -0.3 is 5.43 Å². The van der Waals surface area contributed by atoms with E-state index in [0.717, 1.165) is 11.3 Å². The maximum atomic E-state index is 12.1. The third-order valence-electron chi connectivity index (χ3n) is 2.69. The Morgan fingerprint density at radius 2 is 2.05 bits per heavy atom. The highest BCUT2D eigenvalue weighted by molar-refractivity contribution is 7.89. The quantitative estimate of drug-likeness (QED) is 0.554. The van der Waals surface area contributed by atoms with Crippen LogP contribution in [0.4, 0.5) is 5.82 Å². The number of anilines is 1. The van der Waals surface area contributed by atoms with Gasteiger partial charge in [-0.05, 0) is 24.6 Å². The zero-order valence-corrected chi connectivity index (χ0v) is 12.6. The van der Waals surface area contributed by atoms with Crippen molar-refractivity contribution in [1.82, 2.24) is 9.71 Å². The average molecular weight is 312 g/mol. The minimum atomic E-state index is -3.57. The highest BCUT2D eigenvalue weighted by atomic mass is 32.2. The van der Waals surface area contributed by atoms with Gasteiger partial charge in [0.25, 0.3) is 0 Å². The second kappa shape index (κ2) is 6.31. The number of hydrogen-bond donors (Lipinski definition) is 3. The van der Waals surface area contributed by atoms with Gasteiger partial charge in [0.2, 0.25) is 10.0 Å². The van der Waals surface area contributed by atoms with Crippen LogP contribution in [0.1, 0.15) is 16.7 Å². The third-order valence-corrected chi connectivity index (χ3v) is 5.32. The number of nitrogens with zero attached hydrogens (tertiary/aromatic N) is 1. The standard InChI is InChI=1S/C12H16N4O2S2/c1-2-9-3-4-10(19-9)8-15-20(17,18)11-5-6-14-12(7-11)16-13/h3-7,15H,2,8,13H2,1H3,(H,14,16). The van der Waals surface area contributed by atoms with Crippen LogP contribution in [0.2, 0.25) is 0 Å².